The zero-order valence-electron chi connectivity index (χ0n) is 18.4. The number of hydrogen-bond acceptors (Lipinski definition) is 3. The Hall–Kier alpha value is -1.57. The molecule has 4 rings (SSSR count). The van der Waals surface area contributed by atoms with Gasteiger partial charge in [-0.3, -0.25) is 9.59 Å². The molecule has 0 aromatic rings. The lowest BCUT2D eigenvalue weighted by Crippen LogP contribution is -2.55. The second-order valence-corrected chi connectivity index (χ2v) is 10.7. The molecule has 2 unspecified atom stereocenters. The Bertz CT molecular complexity index is 797. The summed E-state index contributed by atoms with van der Waals surface area (Å²) in [6, 6.07) is -1.38. The lowest BCUT2D eigenvalue weighted by Gasteiger charge is -2.57. The van der Waals surface area contributed by atoms with Crippen LogP contribution in [0.5, 0.6) is 0 Å². The normalized spacial score (nSPS) is 41.8. The molecule has 31 heavy (non-hydrogen) atoms. The molecule has 0 aromatic heterocycles. The third-order valence-electron chi connectivity index (χ3n) is 9.11. The molecule has 2 saturated carbocycles. The highest BCUT2D eigenvalue weighted by molar-refractivity contribution is 5.80. The van der Waals surface area contributed by atoms with E-state index >= 15 is 0 Å². The number of fused-ring (bicyclic) bond motifs is 5. The first-order valence-corrected chi connectivity index (χ1v) is 11.4. The van der Waals surface area contributed by atoms with E-state index < -0.39 is 18.3 Å². The number of amides is 2. The number of rotatable bonds is 3. The summed E-state index contributed by atoms with van der Waals surface area (Å²) in [5.74, 6) is 0.554. The molecule has 5 nitrogen and oxygen atoms in total. The second-order valence-electron chi connectivity index (χ2n) is 10.7. The Kier molecular flexibility index (Phi) is 5.47. The van der Waals surface area contributed by atoms with Crippen LogP contribution in [0.1, 0.15) is 65.7 Å². The largest absolute Gasteiger partial charge is 0.416 e. The molecule has 2 amide bonds. The van der Waals surface area contributed by atoms with Gasteiger partial charge in [0.15, 0.2) is 6.10 Å². The fraction of sp³-hybridized carbons (Fsp3) is 0.826. The molecule has 0 bridgehead atoms. The summed E-state index contributed by atoms with van der Waals surface area (Å²) in [4.78, 5) is 24.9. The standard InChI is InChI=1S/C23H33F3N2O3/c1-12(19(30)23(24,25)26)27-20(31)16-6-5-14-13-4-7-17-22(3,11-9-18(29)28-17)15(13)8-10-21(14,16)2/h7,12-16,19,30H,4-6,8-11H2,1-3H3,(H,27,31)(H,28,29)/t12?,13-,14-,15-,16+,19?,21-,22+/m0/s1. The van der Waals surface area contributed by atoms with E-state index in [0.717, 1.165) is 37.8 Å². The van der Waals surface area contributed by atoms with Crippen molar-refractivity contribution in [3.8, 4) is 0 Å². The van der Waals surface area contributed by atoms with Crippen molar-refractivity contribution in [1.29, 1.82) is 0 Å². The fourth-order valence-corrected chi connectivity index (χ4v) is 7.31. The lowest BCUT2D eigenvalue weighted by molar-refractivity contribution is -0.211. The average molecular weight is 443 g/mol. The molecule has 3 N–H and O–H groups in total. The van der Waals surface area contributed by atoms with Crippen molar-refractivity contribution >= 4 is 11.8 Å². The van der Waals surface area contributed by atoms with E-state index in [2.05, 4.69) is 30.6 Å². The van der Waals surface area contributed by atoms with Crippen molar-refractivity contribution in [1.82, 2.24) is 10.6 Å². The van der Waals surface area contributed by atoms with Gasteiger partial charge in [-0.1, -0.05) is 19.9 Å². The summed E-state index contributed by atoms with van der Waals surface area (Å²) >= 11 is 0. The molecule has 3 fully saturated rings. The average Bonchev–Trinajstić information content (AvgIpc) is 3.04. The number of nitrogens with one attached hydrogen (secondary N) is 2. The first-order valence-electron chi connectivity index (χ1n) is 11.4. The first-order chi connectivity index (χ1) is 14.4. The summed E-state index contributed by atoms with van der Waals surface area (Å²) in [6.07, 6.45) is 0.426. The Labute approximate surface area is 181 Å². The summed E-state index contributed by atoms with van der Waals surface area (Å²) in [7, 11) is 0. The molecule has 8 heteroatoms. The number of hydrogen-bond donors (Lipinski definition) is 3. The van der Waals surface area contributed by atoms with Gasteiger partial charge in [0.05, 0.1) is 6.04 Å². The Morgan fingerprint density at radius 2 is 1.94 bits per heavy atom. The van der Waals surface area contributed by atoms with Gasteiger partial charge in [0, 0.05) is 23.5 Å². The van der Waals surface area contributed by atoms with E-state index in [1.165, 1.54) is 6.92 Å². The van der Waals surface area contributed by atoms with Gasteiger partial charge in [-0.2, -0.15) is 13.2 Å². The molecular weight excluding hydrogens is 409 g/mol. The minimum atomic E-state index is -4.76. The van der Waals surface area contributed by atoms with Gasteiger partial charge < -0.3 is 15.7 Å². The molecule has 3 aliphatic carbocycles. The van der Waals surface area contributed by atoms with Crippen LogP contribution in [0.3, 0.4) is 0 Å². The number of allylic oxidation sites excluding steroid dienone is 2. The molecule has 8 atom stereocenters. The maximum Gasteiger partial charge on any atom is 0.416 e. The minimum Gasteiger partial charge on any atom is -0.382 e. The zero-order chi connectivity index (χ0) is 22.8. The van der Waals surface area contributed by atoms with Crippen molar-refractivity contribution in [3.05, 3.63) is 11.8 Å². The van der Waals surface area contributed by atoms with Crippen LogP contribution in [0.25, 0.3) is 0 Å². The van der Waals surface area contributed by atoms with Crippen LogP contribution in [0, 0.1) is 34.5 Å². The molecule has 0 spiro atoms. The number of alkyl halides is 3. The Balaban J connectivity index is 1.51. The number of piperidine rings is 1. The van der Waals surface area contributed by atoms with Crippen LogP contribution in [-0.4, -0.2) is 35.2 Å². The Morgan fingerprint density at radius 1 is 1.23 bits per heavy atom. The van der Waals surface area contributed by atoms with Crippen molar-refractivity contribution in [2.75, 3.05) is 0 Å². The highest BCUT2D eigenvalue weighted by Gasteiger charge is 2.60. The zero-order valence-corrected chi connectivity index (χ0v) is 18.4. The number of carbonyl (C=O) groups is 2. The second kappa shape index (κ2) is 7.49. The van der Waals surface area contributed by atoms with E-state index in [4.69, 9.17) is 0 Å². The Morgan fingerprint density at radius 3 is 2.61 bits per heavy atom. The van der Waals surface area contributed by atoms with E-state index in [1.54, 1.807) is 0 Å². The van der Waals surface area contributed by atoms with E-state index in [0.29, 0.717) is 30.6 Å². The van der Waals surface area contributed by atoms with Crippen LogP contribution >= 0.6 is 0 Å². The molecule has 174 valence electrons. The van der Waals surface area contributed by atoms with Gasteiger partial charge in [-0.25, -0.2) is 0 Å². The molecule has 4 aliphatic rings. The molecule has 0 aromatic carbocycles. The predicted molar refractivity (Wildman–Crippen MR) is 108 cm³/mol. The third kappa shape index (κ3) is 3.58. The van der Waals surface area contributed by atoms with Crippen molar-refractivity contribution in [2.45, 2.75) is 84.0 Å². The maximum absolute atomic E-state index is 13.0. The highest BCUT2D eigenvalue weighted by Crippen LogP contribution is 2.65. The topological polar surface area (TPSA) is 78.4 Å². The molecular formula is C23H33F3N2O3. The quantitative estimate of drug-likeness (QED) is 0.624. The van der Waals surface area contributed by atoms with Crippen LogP contribution in [0.2, 0.25) is 0 Å². The number of halogens is 3. The molecule has 0 radical (unpaired) electrons. The van der Waals surface area contributed by atoms with Crippen molar-refractivity contribution in [3.63, 3.8) is 0 Å². The summed E-state index contributed by atoms with van der Waals surface area (Å²) in [6.45, 7) is 5.57. The van der Waals surface area contributed by atoms with Crippen LogP contribution in [0.4, 0.5) is 13.2 Å². The van der Waals surface area contributed by atoms with Crippen molar-refractivity contribution < 1.29 is 27.9 Å². The summed E-state index contributed by atoms with van der Waals surface area (Å²) in [5, 5.41) is 15.0. The van der Waals surface area contributed by atoms with Crippen LogP contribution < -0.4 is 10.6 Å². The van der Waals surface area contributed by atoms with Gasteiger partial charge >= 0.3 is 6.18 Å². The SMILES string of the molecule is CC(NC(=O)[C@H]1CC[C@H]2[C@@H]3CC=C4NC(=O)CC[C@]4(C)[C@H]3CC[C@]12C)C(O)C(F)(F)F. The lowest BCUT2D eigenvalue weighted by atomic mass is 9.49. The molecule has 1 aliphatic heterocycles. The highest BCUT2D eigenvalue weighted by atomic mass is 19.4. The van der Waals surface area contributed by atoms with Gasteiger partial charge in [-0.15, -0.1) is 0 Å². The number of aliphatic hydroxyl groups excluding tert-OH is 1. The molecule has 1 heterocycles. The van der Waals surface area contributed by atoms with Crippen molar-refractivity contribution in [2.24, 2.45) is 34.5 Å². The van der Waals surface area contributed by atoms with E-state index in [1.807, 2.05) is 0 Å². The summed E-state index contributed by atoms with van der Waals surface area (Å²) < 4.78 is 38.5. The monoisotopic (exact) mass is 442 g/mol. The smallest absolute Gasteiger partial charge is 0.382 e. The number of aliphatic hydroxyl groups is 1. The van der Waals surface area contributed by atoms with Gasteiger partial charge in [0.2, 0.25) is 11.8 Å². The van der Waals surface area contributed by atoms with Gasteiger partial charge in [0.1, 0.15) is 0 Å². The van der Waals surface area contributed by atoms with E-state index in [9.17, 15) is 27.9 Å². The molecule has 1 saturated heterocycles. The minimum absolute atomic E-state index is 0.0518. The summed E-state index contributed by atoms with van der Waals surface area (Å²) in [5.41, 5.74) is 0.744. The maximum atomic E-state index is 13.0. The van der Waals surface area contributed by atoms with Gasteiger partial charge in [-0.05, 0) is 68.6 Å². The van der Waals surface area contributed by atoms with Crippen LogP contribution in [0.15, 0.2) is 11.8 Å². The fourth-order valence-electron chi connectivity index (χ4n) is 7.31. The van der Waals surface area contributed by atoms with Crippen LogP contribution in [-0.2, 0) is 9.59 Å². The number of carbonyl (C=O) groups excluding carboxylic acids is 2. The van der Waals surface area contributed by atoms with Gasteiger partial charge in [0.25, 0.3) is 0 Å². The predicted octanol–water partition coefficient (Wildman–Crippen LogP) is 3.68. The third-order valence-corrected chi connectivity index (χ3v) is 9.11. The first kappa shape index (κ1) is 22.6. The van der Waals surface area contributed by atoms with E-state index in [-0.39, 0.29) is 28.6 Å².